The lowest BCUT2D eigenvalue weighted by Gasteiger charge is -2.21. The van der Waals surface area contributed by atoms with Crippen LogP contribution in [0.3, 0.4) is 0 Å². The van der Waals surface area contributed by atoms with E-state index in [0.29, 0.717) is 23.9 Å². The largest absolute Gasteiger partial charge is 0.412 e. The van der Waals surface area contributed by atoms with Gasteiger partial charge in [-0.2, -0.15) is 0 Å². The highest BCUT2D eigenvalue weighted by Crippen LogP contribution is 2.23. The number of rotatable bonds is 4. The fourth-order valence-corrected chi connectivity index (χ4v) is 2.60. The van der Waals surface area contributed by atoms with Crippen LogP contribution in [0.25, 0.3) is 0 Å². The van der Waals surface area contributed by atoms with E-state index in [0.717, 1.165) is 0 Å². The van der Waals surface area contributed by atoms with Crippen LogP contribution in [0, 0.1) is 5.92 Å². The topological polar surface area (TPSA) is 67.4 Å². The van der Waals surface area contributed by atoms with Crippen molar-refractivity contribution in [3.63, 3.8) is 0 Å². The minimum Gasteiger partial charge on any atom is -0.410 e. The van der Waals surface area contributed by atoms with Crippen molar-refractivity contribution in [2.24, 2.45) is 5.92 Å². The Morgan fingerprint density at radius 3 is 2.71 bits per heavy atom. The summed E-state index contributed by atoms with van der Waals surface area (Å²) in [6.45, 7) is 2.11. The Balaban J connectivity index is 1.80. The maximum absolute atomic E-state index is 11.8. The molecule has 1 fully saturated rings. The minimum absolute atomic E-state index is 0.158. The third-order valence-electron chi connectivity index (χ3n) is 3.62. The Morgan fingerprint density at radius 2 is 2.00 bits per heavy atom. The van der Waals surface area contributed by atoms with Crippen LogP contribution in [0.5, 0.6) is 5.75 Å². The third kappa shape index (κ3) is 5.45. The molecule has 1 aromatic rings. The van der Waals surface area contributed by atoms with Gasteiger partial charge in [0, 0.05) is 25.2 Å². The van der Waals surface area contributed by atoms with Crippen LogP contribution < -0.4 is 15.4 Å². The normalized spacial score (nSPS) is 15.3. The van der Waals surface area contributed by atoms with Gasteiger partial charge in [-0.3, -0.25) is 4.79 Å². The molecule has 2 amide bonds. The average Bonchev–Trinajstić information content (AvgIpc) is 2.46. The van der Waals surface area contributed by atoms with Gasteiger partial charge in [0.15, 0.2) is 0 Å². The van der Waals surface area contributed by atoms with Gasteiger partial charge in [0.25, 0.3) is 0 Å². The second kappa shape index (κ2) is 7.67. The van der Waals surface area contributed by atoms with Crippen LogP contribution >= 0.6 is 0 Å². The molecule has 1 aliphatic rings. The van der Waals surface area contributed by atoms with E-state index in [4.69, 9.17) is 4.74 Å². The number of anilines is 1. The van der Waals surface area contributed by atoms with Gasteiger partial charge in [-0.15, -0.1) is 0 Å². The lowest BCUT2D eigenvalue weighted by Crippen LogP contribution is -2.32. The first-order valence-electron chi connectivity index (χ1n) is 7.47. The predicted molar refractivity (Wildman–Crippen MR) is 81.3 cm³/mol. The monoisotopic (exact) mass is 290 g/mol. The van der Waals surface area contributed by atoms with Crippen molar-refractivity contribution < 1.29 is 14.3 Å². The fourth-order valence-electron chi connectivity index (χ4n) is 2.60. The lowest BCUT2D eigenvalue weighted by molar-refractivity contribution is -0.114. The van der Waals surface area contributed by atoms with Crippen molar-refractivity contribution in [3.05, 3.63) is 24.3 Å². The molecular weight excluding hydrogens is 268 g/mol. The van der Waals surface area contributed by atoms with Crippen molar-refractivity contribution in [1.29, 1.82) is 0 Å². The number of carbonyl (C=O) groups excluding carboxylic acids is 2. The van der Waals surface area contributed by atoms with Gasteiger partial charge < -0.3 is 15.4 Å². The second-order valence-corrected chi connectivity index (χ2v) is 5.48. The highest BCUT2D eigenvalue weighted by atomic mass is 16.6. The van der Waals surface area contributed by atoms with Crippen LogP contribution in [0.15, 0.2) is 24.3 Å². The number of ether oxygens (including phenoxy) is 1. The summed E-state index contributed by atoms with van der Waals surface area (Å²) in [6.07, 6.45) is 5.72. The summed E-state index contributed by atoms with van der Waals surface area (Å²) in [5, 5.41) is 5.46. The van der Waals surface area contributed by atoms with Gasteiger partial charge in [0.05, 0.1) is 0 Å². The van der Waals surface area contributed by atoms with E-state index < -0.39 is 6.09 Å². The van der Waals surface area contributed by atoms with E-state index >= 15 is 0 Å². The third-order valence-corrected chi connectivity index (χ3v) is 3.62. The first-order valence-corrected chi connectivity index (χ1v) is 7.47. The molecule has 2 N–H and O–H groups in total. The zero-order valence-corrected chi connectivity index (χ0v) is 12.4. The number of nitrogens with one attached hydrogen (secondary N) is 2. The average molecular weight is 290 g/mol. The van der Waals surface area contributed by atoms with Crippen molar-refractivity contribution >= 4 is 17.7 Å². The summed E-state index contributed by atoms with van der Waals surface area (Å²) in [4.78, 5) is 22.8. The van der Waals surface area contributed by atoms with Gasteiger partial charge in [-0.05, 0) is 30.9 Å². The summed E-state index contributed by atoms with van der Waals surface area (Å²) >= 11 is 0. The zero-order chi connectivity index (χ0) is 15.1. The van der Waals surface area contributed by atoms with Gasteiger partial charge in [-0.1, -0.05) is 25.3 Å². The molecule has 1 aliphatic carbocycles. The van der Waals surface area contributed by atoms with Crippen molar-refractivity contribution in [3.8, 4) is 5.75 Å². The van der Waals surface area contributed by atoms with E-state index in [1.54, 1.807) is 24.3 Å². The number of carbonyl (C=O) groups is 2. The Kier molecular flexibility index (Phi) is 5.60. The zero-order valence-electron chi connectivity index (χ0n) is 12.4. The molecular formula is C16H22N2O3. The fraction of sp³-hybridized carbons (Fsp3) is 0.500. The molecule has 5 nitrogen and oxygen atoms in total. The molecule has 0 heterocycles. The van der Waals surface area contributed by atoms with E-state index in [-0.39, 0.29) is 5.91 Å². The Hall–Kier alpha value is -2.04. The molecule has 0 bridgehead atoms. The van der Waals surface area contributed by atoms with Crippen LogP contribution in [-0.2, 0) is 4.79 Å². The summed E-state index contributed by atoms with van der Waals surface area (Å²) in [5.41, 5.74) is 0.611. The smallest absolute Gasteiger partial charge is 0.410 e. The van der Waals surface area contributed by atoms with E-state index in [1.807, 2.05) is 0 Å². The van der Waals surface area contributed by atoms with Gasteiger partial charge in [0.1, 0.15) is 5.75 Å². The van der Waals surface area contributed by atoms with E-state index in [2.05, 4.69) is 10.6 Å². The lowest BCUT2D eigenvalue weighted by atomic mass is 9.89. The molecule has 0 atom stereocenters. The second-order valence-electron chi connectivity index (χ2n) is 5.48. The molecule has 1 saturated carbocycles. The van der Waals surface area contributed by atoms with Crippen LogP contribution in [0.2, 0.25) is 0 Å². The molecule has 0 aromatic heterocycles. The molecule has 114 valence electrons. The Morgan fingerprint density at radius 1 is 1.24 bits per heavy atom. The predicted octanol–water partition coefficient (Wildman–Crippen LogP) is 3.31. The molecule has 21 heavy (non-hydrogen) atoms. The SMILES string of the molecule is CC(=O)Nc1cccc(OC(=O)NCC2CCCCC2)c1. The first-order chi connectivity index (χ1) is 10.1. The minimum atomic E-state index is -0.444. The first kappa shape index (κ1) is 15.4. The van der Waals surface area contributed by atoms with Crippen molar-refractivity contribution in [2.45, 2.75) is 39.0 Å². The Bertz CT molecular complexity index is 496. The molecule has 0 aliphatic heterocycles. The molecule has 0 spiro atoms. The summed E-state index contributed by atoms with van der Waals surface area (Å²) < 4.78 is 5.23. The number of amides is 2. The van der Waals surface area contributed by atoms with Crippen LogP contribution in [0.4, 0.5) is 10.5 Å². The number of hydrogen-bond donors (Lipinski definition) is 2. The maximum Gasteiger partial charge on any atom is 0.412 e. The molecule has 5 heteroatoms. The van der Waals surface area contributed by atoms with Crippen molar-refractivity contribution in [1.82, 2.24) is 5.32 Å². The maximum atomic E-state index is 11.8. The highest BCUT2D eigenvalue weighted by Gasteiger charge is 2.14. The standard InChI is InChI=1S/C16H22N2O3/c1-12(19)18-14-8-5-9-15(10-14)21-16(20)17-11-13-6-3-2-4-7-13/h5,8-10,13H,2-4,6-7,11H2,1H3,(H,17,20)(H,18,19). The number of benzene rings is 1. The highest BCUT2D eigenvalue weighted by molar-refractivity contribution is 5.88. The molecule has 1 aromatic carbocycles. The molecule has 2 rings (SSSR count). The van der Waals surface area contributed by atoms with Gasteiger partial charge in [0.2, 0.25) is 5.91 Å². The molecule has 0 radical (unpaired) electrons. The van der Waals surface area contributed by atoms with Gasteiger partial charge >= 0.3 is 6.09 Å². The van der Waals surface area contributed by atoms with Gasteiger partial charge in [-0.25, -0.2) is 4.79 Å². The molecule has 0 unspecified atom stereocenters. The van der Waals surface area contributed by atoms with E-state index in [9.17, 15) is 9.59 Å². The van der Waals surface area contributed by atoms with E-state index in [1.165, 1.54) is 39.0 Å². The van der Waals surface area contributed by atoms with Crippen molar-refractivity contribution in [2.75, 3.05) is 11.9 Å². The molecule has 0 saturated heterocycles. The number of hydrogen-bond acceptors (Lipinski definition) is 3. The Labute approximate surface area is 125 Å². The van der Waals surface area contributed by atoms with Crippen LogP contribution in [-0.4, -0.2) is 18.5 Å². The summed E-state index contributed by atoms with van der Waals surface area (Å²) in [7, 11) is 0. The summed E-state index contributed by atoms with van der Waals surface area (Å²) in [5.74, 6) is 0.827. The summed E-state index contributed by atoms with van der Waals surface area (Å²) in [6, 6.07) is 6.79. The van der Waals surface area contributed by atoms with Crippen LogP contribution in [0.1, 0.15) is 39.0 Å². The quantitative estimate of drug-likeness (QED) is 0.894.